The first-order valence-corrected chi connectivity index (χ1v) is 11.7. The van der Waals surface area contributed by atoms with Crippen molar-refractivity contribution >= 4 is 16.8 Å². The van der Waals surface area contributed by atoms with Gasteiger partial charge in [-0.1, -0.05) is 18.2 Å². The van der Waals surface area contributed by atoms with Crippen LogP contribution in [0.3, 0.4) is 0 Å². The fourth-order valence-electron chi connectivity index (χ4n) is 4.44. The van der Waals surface area contributed by atoms with E-state index in [2.05, 4.69) is 21.2 Å². The zero-order valence-corrected chi connectivity index (χ0v) is 19.6. The number of nitrogens with zero attached hydrogens (tertiary/aromatic N) is 3. The molecule has 1 atom stereocenters. The van der Waals surface area contributed by atoms with Crippen molar-refractivity contribution < 1.29 is 19.0 Å². The number of pyridine rings is 1. The molecule has 1 N–H and O–H groups in total. The molecule has 1 aliphatic rings. The summed E-state index contributed by atoms with van der Waals surface area (Å²) in [5.74, 6) is 1.22. The number of aromatic amines is 1. The molecule has 35 heavy (non-hydrogen) atoms. The third kappa shape index (κ3) is 5.27. The Balaban J connectivity index is 1.28. The van der Waals surface area contributed by atoms with Gasteiger partial charge >= 0.3 is 0 Å². The molecule has 0 spiro atoms. The van der Waals surface area contributed by atoms with Crippen LogP contribution >= 0.6 is 0 Å². The predicted molar refractivity (Wildman–Crippen MR) is 132 cm³/mol. The Morgan fingerprint density at radius 2 is 2.11 bits per heavy atom. The minimum absolute atomic E-state index is 0.0448. The number of hydrogen-bond donors (Lipinski definition) is 1. The summed E-state index contributed by atoms with van der Waals surface area (Å²) in [6.45, 7) is 2.61. The molecule has 8 nitrogen and oxygen atoms in total. The number of fused-ring (bicyclic) bond motifs is 1. The van der Waals surface area contributed by atoms with Crippen LogP contribution in [0.15, 0.2) is 67.0 Å². The number of benzene rings is 2. The second-order valence-corrected chi connectivity index (χ2v) is 8.62. The fourth-order valence-corrected chi connectivity index (χ4v) is 4.44. The molecule has 180 valence electrons. The normalized spacial score (nSPS) is 16.1. The lowest BCUT2D eigenvalue weighted by atomic mass is 9.97. The molecule has 1 fully saturated rings. The summed E-state index contributed by atoms with van der Waals surface area (Å²) in [6.07, 6.45) is 4.39. The van der Waals surface area contributed by atoms with Gasteiger partial charge in [0.2, 0.25) is 0 Å². The Morgan fingerprint density at radius 3 is 2.97 bits per heavy atom. The highest BCUT2D eigenvalue weighted by molar-refractivity contribution is 5.95. The molecule has 1 saturated heterocycles. The number of carbonyl (C=O) groups excluding carboxylic acids is 1. The van der Waals surface area contributed by atoms with Crippen molar-refractivity contribution in [2.75, 3.05) is 33.4 Å². The topological polar surface area (TPSA) is 89.6 Å². The maximum Gasteiger partial charge on any atom is 0.254 e. The van der Waals surface area contributed by atoms with Gasteiger partial charge < -0.3 is 19.1 Å². The van der Waals surface area contributed by atoms with E-state index in [1.165, 1.54) is 5.56 Å². The summed E-state index contributed by atoms with van der Waals surface area (Å²) in [7, 11) is 1.57. The number of ether oxygens (including phenoxy) is 3. The molecular weight excluding hydrogens is 444 g/mol. The number of aromatic nitrogens is 3. The van der Waals surface area contributed by atoms with E-state index in [4.69, 9.17) is 14.2 Å². The quantitative estimate of drug-likeness (QED) is 0.439. The van der Waals surface area contributed by atoms with Crippen LogP contribution < -0.4 is 9.47 Å². The van der Waals surface area contributed by atoms with Crippen molar-refractivity contribution in [3.05, 3.63) is 83.8 Å². The van der Waals surface area contributed by atoms with Crippen molar-refractivity contribution in [1.29, 1.82) is 0 Å². The van der Waals surface area contributed by atoms with E-state index in [1.54, 1.807) is 31.5 Å². The van der Waals surface area contributed by atoms with Crippen LogP contribution in [0.5, 0.6) is 11.5 Å². The summed E-state index contributed by atoms with van der Waals surface area (Å²) >= 11 is 0. The lowest BCUT2D eigenvalue weighted by molar-refractivity contribution is 0.0737. The second-order valence-electron chi connectivity index (χ2n) is 8.62. The van der Waals surface area contributed by atoms with E-state index in [9.17, 15) is 4.79 Å². The lowest BCUT2D eigenvalue weighted by Gasteiger charge is -2.24. The van der Waals surface area contributed by atoms with E-state index in [1.807, 2.05) is 41.4 Å². The Labute approximate surface area is 203 Å². The molecule has 0 aliphatic carbocycles. The van der Waals surface area contributed by atoms with E-state index < -0.39 is 0 Å². The first-order chi connectivity index (χ1) is 17.2. The molecule has 1 aliphatic heterocycles. The van der Waals surface area contributed by atoms with Gasteiger partial charge in [0.05, 0.1) is 37.7 Å². The van der Waals surface area contributed by atoms with Crippen LogP contribution in [0.4, 0.5) is 0 Å². The summed E-state index contributed by atoms with van der Waals surface area (Å²) in [4.78, 5) is 19.6. The summed E-state index contributed by atoms with van der Waals surface area (Å²) in [5.41, 5.74) is 3.60. The number of rotatable bonds is 7. The fraction of sp³-hybridized carbons (Fsp3) is 0.296. The number of methoxy groups -OCH3 is 1. The molecule has 2 aromatic carbocycles. The predicted octanol–water partition coefficient (Wildman–Crippen LogP) is 3.88. The molecule has 0 saturated carbocycles. The second kappa shape index (κ2) is 10.6. The molecule has 0 unspecified atom stereocenters. The van der Waals surface area contributed by atoms with Crippen molar-refractivity contribution in [2.24, 2.45) is 5.92 Å². The molecule has 0 bridgehead atoms. The summed E-state index contributed by atoms with van der Waals surface area (Å²) < 4.78 is 17.3. The van der Waals surface area contributed by atoms with Gasteiger partial charge in [-0.15, -0.1) is 0 Å². The summed E-state index contributed by atoms with van der Waals surface area (Å²) in [6, 6.07) is 17.1. The number of amides is 1. The standard InChI is InChI=1S/C27H28N4O4/c1-33-26-14-21(8-9-25(26)35-18-22-6-2-3-10-28-22)27(32)31-11-12-34-17-19(16-31)13-20-5-4-7-24-23(20)15-29-30-24/h2-10,14-15,19H,11-13,16-18H2,1H3,(H,29,30)/t19-/m1/s1. The Bertz CT molecular complexity index is 1290. The number of nitrogens with one attached hydrogen (secondary N) is 1. The molecule has 2 aromatic heterocycles. The molecule has 8 heteroatoms. The SMILES string of the molecule is COc1cc(C(=O)N2CCOC[C@H](Cc3cccc4[nH]ncc34)C2)ccc1OCc1ccccn1. The first-order valence-electron chi connectivity index (χ1n) is 11.7. The number of hydrogen-bond acceptors (Lipinski definition) is 6. The zero-order chi connectivity index (χ0) is 24.0. The lowest BCUT2D eigenvalue weighted by Crippen LogP contribution is -2.36. The molecule has 0 radical (unpaired) electrons. The molecule has 3 heterocycles. The van der Waals surface area contributed by atoms with E-state index in [0.717, 1.165) is 23.0 Å². The van der Waals surface area contributed by atoms with Gasteiger partial charge in [-0.05, 0) is 48.4 Å². The van der Waals surface area contributed by atoms with Crippen molar-refractivity contribution in [3.8, 4) is 11.5 Å². The Hall–Kier alpha value is -3.91. The van der Waals surface area contributed by atoms with Gasteiger partial charge in [-0.3, -0.25) is 14.9 Å². The molecule has 5 rings (SSSR count). The maximum atomic E-state index is 13.4. The van der Waals surface area contributed by atoms with E-state index in [-0.39, 0.29) is 11.8 Å². The largest absolute Gasteiger partial charge is 0.493 e. The van der Waals surface area contributed by atoms with Crippen molar-refractivity contribution in [2.45, 2.75) is 13.0 Å². The maximum absolute atomic E-state index is 13.4. The third-order valence-corrected chi connectivity index (χ3v) is 6.22. The number of H-pyrrole nitrogens is 1. The molecule has 1 amide bonds. The van der Waals surface area contributed by atoms with Crippen LogP contribution in [0, 0.1) is 5.92 Å². The first kappa shape index (κ1) is 22.9. The van der Waals surface area contributed by atoms with Crippen LogP contribution in [0.2, 0.25) is 0 Å². The third-order valence-electron chi connectivity index (χ3n) is 6.22. The van der Waals surface area contributed by atoms with Gasteiger partial charge in [-0.25, -0.2) is 0 Å². The monoisotopic (exact) mass is 472 g/mol. The zero-order valence-electron chi connectivity index (χ0n) is 19.6. The van der Waals surface area contributed by atoms with Gasteiger partial charge in [0.1, 0.15) is 6.61 Å². The Morgan fingerprint density at radius 1 is 1.17 bits per heavy atom. The Kier molecular flexibility index (Phi) is 6.90. The number of carbonyl (C=O) groups is 1. The highest BCUT2D eigenvalue weighted by Crippen LogP contribution is 2.30. The van der Waals surface area contributed by atoms with E-state index in [0.29, 0.717) is 50.0 Å². The van der Waals surface area contributed by atoms with Crippen LogP contribution in [0.25, 0.3) is 10.9 Å². The molecule has 4 aromatic rings. The highest BCUT2D eigenvalue weighted by Gasteiger charge is 2.25. The van der Waals surface area contributed by atoms with Crippen molar-refractivity contribution in [1.82, 2.24) is 20.1 Å². The highest BCUT2D eigenvalue weighted by atomic mass is 16.5. The average molecular weight is 473 g/mol. The minimum atomic E-state index is -0.0448. The van der Waals surface area contributed by atoms with Gasteiger partial charge in [0, 0.05) is 36.2 Å². The minimum Gasteiger partial charge on any atom is -0.493 e. The smallest absolute Gasteiger partial charge is 0.254 e. The van der Waals surface area contributed by atoms with Gasteiger partial charge in [-0.2, -0.15) is 5.10 Å². The van der Waals surface area contributed by atoms with Gasteiger partial charge in [0.25, 0.3) is 5.91 Å². The van der Waals surface area contributed by atoms with Crippen molar-refractivity contribution in [3.63, 3.8) is 0 Å². The van der Waals surface area contributed by atoms with Crippen LogP contribution in [-0.4, -0.2) is 59.4 Å². The van der Waals surface area contributed by atoms with Crippen LogP contribution in [0.1, 0.15) is 21.6 Å². The van der Waals surface area contributed by atoms with Crippen LogP contribution in [-0.2, 0) is 17.8 Å². The molecular formula is C27H28N4O4. The average Bonchev–Trinajstić information content (AvgIpc) is 3.27. The van der Waals surface area contributed by atoms with Gasteiger partial charge in [0.15, 0.2) is 11.5 Å². The summed E-state index contributed by atoms with van der Waals surface area (Å²) in [5, 5.41) is 8.30. The van der Waals surface area contributed by atoms with E-state index >= 15 is 0 Å².